The summed E-state index contributed by atoms with van der Waals surface area (Å²) in [5.74, 6) is 0.0949. The van der Waals surface area contributed by atoms with E-state index in [2.05, 4.69) is 20.9 Å². The summed E-state index contributed by atoms with van der Waals surface area (Å²) < 4.78 is 5.59. The SMILES string of the molecule is CNCCNc1ccc(NC(=O)CSc2nc3ccc(N)cc3o2)cc1. The molecular weight excluding hydrogens is 350 g/mol. The first kappa shape index (κ1) is 18.1. The Labute approximate surface area is 155 Å². The first-order chi connectivity index (χ1) is 12.6. The number of fused-ring (bicyclic) bond motifs is 1. The van der Waals surface area contributed by atoms with Crippen molar-refractivity contribution < 1.29 is 9.21 Å². The van der Waals surface area contributed by atoms with E-state index in [-0.39, 0.29) is 11.7 Å². The van der Waals surface area contributed by atoms with E-state index in [0.29, 0.717) is 16.5 Å². The van der Waals surface area contributed by atoms with Gasteiger partial charge in [0, 0.05) is 36.2 Å². The van der Waals surface area contributed by atoms with Crippen LogP contribution < -0.4 is 21.7 Å². The maximum Gasteiger partial charge on any atom is 0.257 e. The van der Waals surface area contributed by atoms with Crippen molar-refractivity contribution in [3.05, 3.63) is 42.5 Å². The molecule has 7 nitrogen and oxygen atoms in total. The molecule has 136 valence electrons. The second-order valence-corrected chi connectivity index (χ2v) is 6.58. The van der Waals surface area contributed by atoms with Crippen LogP contribution in [-0.2, 0) is 4.79 Å². The average Bonchev–Trinajstić information content (AvgIpc) is 3.04. The Kier molecular flexibility index (Phi) is 5.98. The number of carbonyl (C=O) groups is 1. The Hall–Kier alpha value is -2.71. The van der Waals surface area contributed by atoms with Gasteiger partial charge in [0.05, 0.1) is 5.75 Å². The van der Waals surface area contributed by atoms with E-state index in [1.807, 2.05) is 31.3 Å². The lowest BCUT2D eigenvalue weighted by Gasteiger charge is -2.08. The van der Waals surface area contributed by atoms with E-state index < -0.39 is 0 Å². The first-order valence-corrected chi connectivity index (χ1v) is 9.20. The molecule has 0 bridgehead atoms. The van der Waals surface area contributed by atoms with Gasteiger partial charge in [-0.1, -0.05) is 11.8 Å². The Morgan fingerprint density at radius 2 is 1.92 bits per heavy atom. The normalized spacial score (nSPS) is 10.8. The number of hydrogen-bond donors (Lipinski definition) is 4. The lowest BCUT2D eigenvalue weighted by atomic mass is 10.2. The second-order valence-electron chi connectivity index (χ2n) is 5.65. The van der Waals surface area contributed by atoms with Gasteiger partial charge in [0.25, 0.3) is 5.22 Å². The largest absolute Gasteiger partial charge is 0.431 e. The van der Waals surface area contributed by atoms with Crippen LogP contribution in [0.4, 0.5) is 17.1 Å². The molecule has 3 rings (SSSR count). The molecule has 0 radical (unpaired) electrons. The fourth-order valence-corrected chi connectivity index (χ4v) is 2.95. The van der Waals surface area contributed by atoms with Crippen molar-refractivity contribution in [3.8, 4) is 0 Å². The van der Waals surface area contributed by atoms with Crippen LogP contribution in [0.5, 0.6) is 0 Å². The van der Waals surface area contributed by atoms with Crippen molar-refractivity contribution in [1.29, 1.82) is 0 Å². The van der Waals surface area contributed by atoms with Gasteiger partial charge in [-0.2, -0.15) is 0 Å². The molecule has 5 N–H and O–H groups in total. The van der Waals surface area contributed by atoms with Crippen LogP contribution in [-0.4, -0.2) is 36.8 Å². The van der Waals surface area contributed by atoms with Gasteiger partial charge >= 0.3 is 0 Å². The van der Waals surface area contributed by atoms with Crippen molar-refractivity contribution in [3.63, 3.8) is 0 Å². The summed E-state index contributed by atoms with van der Waals surface area (Å²) in [6.07, 6.45) is 0. The number of carbonyl (C=O) groups excluding carboxylic acids is 1. The topological polar surface area (TPSA) is 105 Å². The number of amides is 1. The van der Waals surface area contributed by atoms with E-state index in [4.69, 9.17) is 10.2 Å². The molecule has 2 aromatic carbocycles. The second kappa shape index (κ2) is 8.59. The van der Waals surface area contributed by atoms with Gasteiger partial charge in [0.2, 0.25) is 5.91 Å². The fourth-order valence-electron chi connectivity index (χ4n) is 2.31. The van der Waals surface area contributed by atoms with Gasteiger partial charge in [-0.15, -0.1) is 0 Å². The van der Waals surface area contributed by atoms with Crippen molar-refractivity contribution >= 4 is 45.8 Å². The number of nitrogen functional groups attached to an aromatic ring is 1. The lowest BCUT2D eigenvalue weighted by molar-refractivity contribution is -0.113. The summed E-state index contributed by atoms with van der Waals surface area (Å²) in [4.78, 5) is 16.4. The quantitative estimate of drug-likeness (QED) is 0.274. The third-order valence-electron chi connectivity index (χ3n) is 3.59. The number of aromatic nitrogens is 1. The molecule has 0 saturated carbocycles. The standard InChI is InChI=1S/C18H21N5O2S/c1-20-8-9-21-13-3-5-14(6-4-13)22-17(24)11-26-18-23-15-7-2-12(19)10-16(15)25-18/h2-7,10,20-21H,8-9,11,19H2,1H3,(H,22,24). The average molecular weight is 371 g/mol. The number of benzene rings is 2. The molecule has 1 heterocycles. The molecule has 0 saturated heterocycles. The summed E-state index contributed by atoms with van der Waals surface area (Å²) >= 11 is 1.25. The van der Waals surface area contributed by atoms with E-state index in [9.17, 15) is 4.79 Å². The zero-order chi connectivity index (χ0) is 18.4. The van der Waals surface area contributed by atoms with Crippen molar-refractivity contribution in [1.82, 2.24) is 10.3 Å². The summed E-state index contributed by atoms with van der Waals surface area (Å²) in [6, 6.07) is 12.9. The maximum atomic E-state index is 12.1. The molecule has 0 aliphatic rings. The van der Waals surface area contributed by atoms with Gasteiger partial charge in [-0.05, 0) is 43.4 Å². The van der Waals surface area contributed by atoms with Crippen molar-refractivity contribution in [2.24, 2.45) is 0 Å². The zero-order valence-corrected chi connectivity index (χ0v) is 15.2. The summed E-state index contributed by atoms with van der Waals surface area (Å²) in [5, 5.41) is 9.66. The van der Waals surface area contributed by atoms with Crippen LogP contribution in [0.15, 0.2) is 52.1 Å². The van der Waals surface area contributed by atoms with E-state index in [1.54, 1.807) is 18.2 Å². The highest BCUT2D eigenvalue weighted by atomic mass is 32.2. The minimum Gasteiger partial charge on any atom is -0.431 e. The Morgan fingerprint density at radius 3 is 2.69 bits per heavy atom. The van der Waals surface area contributed by atoms with Gasteiger partial charge in [-0.3, -0.25) is 4.79 Å². The van der Waals surface area contributed by atoms with E-state index in [0.717, 1.165) is 30.0 Å². The predicted octanol–water partition coefficient (Wildman–Crippen LogP) is 2.77. The minimum atomic E-state index is -0.118. The van der Waals surface area contributed by atoms with E-state index in [1.165, 1.54) is 11.8 Å². The number of likely N-dealkylation sites (N-methyl/N-ethyl adjacent to an activating group) is 1. The van der Waals surface area contributed by atoms with Gasteiger partial charge in [-0.25, -0.2) is 4.98 Å². The summed E-state index contributed by atoms with van der Waals surface area (Å²) in [5.41, 5.74) is 9.44. The number of nitrogens with zero attached hydrogens (tertiary/aromatic N) is 1. The van der Waals surface area contributed by atoms with Gasteiger partial charge < -0.3 is 26.1 Å². The smallest absolute Gasteiger partial charge is 0.257 e. The van der Waals surface area contributed by atoms with Gasteiger partial charge in [0.1, 0.15) is 5.52 Å². The highest BCUT2D eigenvalue weighted by Crippen LogP contribution is 2.25. The molecule has 8 heteroatoms. The van der Waals surface area contributed by atoms with Crippen molar-refractivity contribution in [2.75, 3.05) is 42.3 Å². The monoisotopic (exact) mass is 371 g/mol. The molecule has 1 amide bonds. The Morgan fingerprint density at radius 1 is 1.15 bits per heavy atom. The van der Waals surface area contributed by atoms with Gasteiger partial charge in [0.15, 0.2) is 5.58 Å². The van der Waals surface area contributed by atoms with Crippen LogP contribution in [0.25, 0.3) is 11.1 Å². The minimum absolute atomic E-state index is 0.118. The van der Waals surface area contributed by atoms with E-state index >= 15 is 0 Å². The van der Waals surface area contributed by atoms with Crippen LogP contribution in [0.3, 0.4) is 0 Å². The number of thioether (sulfide) groups is 1. The molecular formula is C18H21N5O2S. The molecule has 0 fully saturated rings. The van der Waals surface area contributed by atoms with Crippen LogP contribution in [0.1, 0.15) is 0 Å². The molecule has 26 heavy (non-hydrogen) atoms. The predicted molar refractivity (Wildman–Crippen MR) is 107 cm³/mol. The number of hydrogen-bond acceptors (Lipinski definition) is 7. The van der Waals surface area contributed by atoms with Crippen LogP contribution in [0.2, 0.25) is 0 Å². The molecule has 1 aromatic heterocycles. The molecule has 3 aromatic rings. The Balaban J connectivity index is 1.50. The van der Waals surface area contributed by atoms with Crippen molar-refractivity contribution in [2.45, 2.75) is 5.22 Å². The third kappa shape index (κ3) is 4.90. The molecule has 0 aliphatic carbocycles. The highest BCUT2D eigenvalue weighted by molar-refractivity contribution is 7.99. The molecule has 0 atom stereocenters. The third-order valence-corrected chi connectivity index (χ3v) is 4.42. The lowest BCUT2D eigenvalue weighted by Crippen LogP contribution is -2.17. The Bertz CT molecular complexity index is 879. The first-order valence-electron chi connectivity index (χ1n) is 8.21. The zero-order valence-electron chi connectivity index (χ0n) is 14.4. The summed E-state index contributed by atoms with van der Waals surface area (Å²) in [7, 11) is 1.91. The summed E-state index contributed by atoms with van der Waals surface area (Å²) in [6.45, 7) is 1.73. The number of anilines is 3. The maximum absolute atomic E-state index is 12.1. The number of nitrogens with two attached hydrogens (primary N) is 1. The molecule has 0 spiro atoms. The molecule has 0 aliphatic heterocycles. The number of oxazole rings is 1. The fraction of sp³-hybridized carbons (Fsp3) is 0.222. The number of nitrogens with one attached hydrogen (secondary N) is 3. The highest BCUT2D eigenvalue weighted by Gasteiger charge is 2.10. The van der Waals surface area contributed by atoms with Crippen LogP contribution >= 0.6 is 11.8 Å². The number of rotatable bonds is 8. The molecule has 0 unspecified atom stereocenters. The van der Waals surface area contributed by atoms with Crippen LogP contribution in [0, 0.1) is 0 Å².